The monoisotopic (exact) mass is 665 g/mol. The highest BCUT2D eigenvalue weighted by Gasteiger charge is 2.39. The summed E-state index contributed by atoms with van der Waals surface area (Å²) in [5.41, 5.74) is 0.849. The third-order valence-corrected chi connectivity index (χ3v) is 7.60. The maximum atomic E-state index is 14.6. The van der Waals surface area contributed by atoms with Gasteiger partial charge in [-0.1, -0.05) is 107 Å². The molecule has 0 saturated carbocycles. The van der Waals surface area contributed by atoms with Gasteiger partial charge in [0.2, 0.25) is 11.8 Å². The van der Waals surface area contributed by atoms with E-state index in [4.69, 9.17) is 9.47 Å². The Labute approximate surface area is 288 Å². The Balaban J connectivity index is 2.61. The minimum atomic E-state index is -1.08. The number of ether oxygens (including phenoxy) is 2. The lowest BCUT2D eigenvalue weighted by Crippen LogP contribution is -2.56. The molecule has 0 aliphatic heterocycles. The molecular formula is C39H59N3O6. The summed E-state index contributed by atoms with van der Waals surface area (Å²) in [7, 11) is 0. The van der Waals surface area contributed by atoms with Crippen LogP contribution in [0.5, 0.6) is 0 Å². The lowest BCUT2D eigenvalue weighted by Gasteiger charge is -2.36. The van der Waals surface area contributed by atoms with Crippen LogP contribution in [0.2, 0.25) is 0 Å². The second-order valence-corrected chi connectivity index (χ2v) is 14.9. The largest absolute Gasteiger partial charge is 0.458 e. The Morgan fingerprint density at radius 3 is 1.98 bits per heavy atom. The summed E-state index contributed by atoms with van der Waals surface area (Å²) >= 11 is 0. The molecule has 0 aliphatic rings. The standard InChI is InChI=1S/C39H59N3O6/c1-11-12-13-14-18-24-42(35(44)32(27(2)3)41-37(46)48-39(8,9)10)33(30-23-19-20-28(4)25-30)34(43)40-31(36(45)47-38(5,6)7)26-29-21-16-15-17-22-29/h15-17,19-23,25,27,31-33H,11-14,18,24,26H2,1-10H3,(H,40,43)(H,41,46). The summed E-state index contributed by atoms with van der Waals surface area (Å²) in [6, 6.07) is 13.9. The predicted octanol–water partition coefficient (Wildman–Crippen LogP) is 7.45. The molecule has 0 spiro atoms. The Kier molecular flexibility index (Phi) is 15.6. The van der Waals surface area contributed by atoms with Crippen molar-refractivity contribution in [3.8, 4) is 0 Å². The number of alkyl carbamates (subject to hydrolysis) is 1. The van der Waals surface area contributed by atoms with Crippen molar-refractivity contribution in [2.75, 3.05) is 6.54 Å². The first-order valence-corrected chi connectivity index (χ1v) is 17.4. The molecule has 3 atom stereocenters. The number of unbranched alkanes of at least 4 members (excludes halogenated alkanes) is 4. The molecule has 3 unspecified atom stereocenters. The van der Waals surface area contributed by atoms with Crippen molar-refractivity contribution in [2.45, 2.75) is 137 Å². The maximum absolute atomic E-state index is 14.6. The SMILES string of the molecule is CCCCCCCN(C(=O)C(NC(=O)OC(C)(C)C)C(C)C)C(C(=O)NC(Cc1ccccc1)C(=O)OC(C)(C)C)c1cccc(C)c1. The molecule has 0 saturated heterocycles. The molecule has 0 heterocycles. The highest BCUT2D eigenvalue weighted by Crippen LogP contribution is 2.26. The summed E-state index contributed by atoms with van der Waals surface area (Å²) < 4.78 is 11.3. The van der Waals surface area contributed by atoms with Gasteiger partial charge in [0.1, 0.15) is 29.3 Å². The van der Waals surface area contributed by atoms with Crippen molar-refractivity contribution >= 4 is 23.9 Å². The Hall–Kier alpha value is -3.88. The molecule has 2 aromatic rings. The molecular weight excluding hydrogens is 606 g/mol. The Morgan fingerprint density at radius 1 is 0.792 bits per heavy atom. The highest BCUT2D eigenvalue weighted by atomic mass is 16.6. The number of benzene rings is 2. The average Bonchev–Trinajstić information content (AvgIpc) is 2.97. The number of nitrogens with zero attached hydrogens (tertiary/aromatic N) is 1. The Morgan fingerprint density at radius 2 is 1.42 bits per heavy atom. The molecule has 2 aromatic carbocycles. The second kappa shape index (κ2) is 18.6. The third kappa shape index (κ3) is 14.1. The number of rotatable bonds is 16. The average molecular weight is 666 g/mol. The van der Waals surface area contributed by atoms with Gasteiger partial charge in [0.05, 0.1) is 0 Å². The topological polar surface area (TPSA) is 114 Å². The summed E-state index contributed by atoms with van der Waals surface area (Å²) in [6.45, 7) is 18.7. The summed E-state index contributed by atoms with van der Waals surface area (Å²) in [6.07, 6.45) is 4.19. The number of aryl methyl sites for hydroxylation is 1. The molecule has 0 fully saturated rings. The van der Waals surface area contributed by atoms with E-state index < -0.39 is 53.2 Å². The molecule has 48 heavy (non-hydrogen) atoms. The van der Waals surface area contributed by atoms with Crippen molar-refractivity contribution in [2.24, 2.45) is 5.92 Å². The first-order valence-electron chi connectivity index (χ1n) is 17.4. The quantitative estimate of drug-likeness (QED) is 0.142. The number of hydrogen-bond donors (Lipinski definition) is 2. The molecule has 9 nitrogen and oxygen atoms in total. The second-order valence-electron chi connectivity index (χ2n) is 14.9. The first kappa shape index (κ1) is 40.3. The van der Waals surface area contributed by atoms with Crippen LogP contribution < -0.4 is 10.6 Å². The highest BCUT2D eigenvalue weighted by molar-refractivity contribution is 5.94. The van der Waals surface area contributed by atoms with E-state index in [2.05, 4.69) is 17.6 Å². The number of nitrogens with one attached hydrogen (secondary N) is 2. The van der Waals surface area contributed by atoms with Crippen molar-refractivity contribution < 1.29 is 28.7 Å². The van der Waals surface area contributed by atoms with Crippen LogP contribution in [-0.2, 0) is 30.3 Å². The van der Waals surface area contributed by atoms with E-state index in [0.29, 0.717) is 12.0 Å². The summed E-state index contributed by atoms with van der Waals surface area (Å²) in [5.74, 6) is -1.77. The van der Waals surface area contributed by atoms with Crippen LogP contribution in [0.1, 0.15) is 117 Å². The zero-order chi connectivity index (χ0) is 36.1. The fourth-order valence-electron chi connectivity index (χ4n) is 5.36. The van der Waals surface area contributed by atoms with Gasteiger partial charge in [0, 0.05) is 13.0 Å². The summed E-state index contributed by atoms with van der Waals surface area (Å²) in [5, 5.41) is 5.75. The van der Waals surface area contributed by atoms with Gasteiger partial charge in [-0.15, -0.1) is 0 Å². The van der Waals surface area contributed by atoms with Gasteiger partial charge in [-0.3, -0.25) is 9.59 Å². The molecule has 0 bridgehead atoms. The van der Waals surface area contributed by atoms with Gasteiger partial charge in [-0.25, -0.2) is 9.59 Å². The van der Waals surface area contributed by atoms with Crippen molar-refractivity contribution in [3.05, 3.63) is 71.3 Å². The lowest BCUT2D eigenvalue weighted by atomic mass is 9.96. The summed E-state index contributed by atoms with van der Waals surface area (Å²) in [4.78, 5) is 57.2. The number of carbonyl (C=O) groups excluding carboxylic acids is 4. The van der Waals surface area contributed by atoms with E-state index in [1.54, 1.807) is 46.4 Å². The van der Waals surface area contributed by atoms with Crippen molar-refractivity contribution in [1.82, 2.24) is 15.5 Å². The number of carbonyl (C=O) groups is 4. The van der Waals surface area contributed by atoms with Gasteiger partial charge in [0.25, 0.3) is 0 Å². The van der Waals surface area contributed by atoms with Crippen molar-refractivity contribution in [3.63, 3.8) is 0 Å². The minimum Gasteiger partial charge on any atom is -0.458 e. The third-order valence-electron chi connectivity index (χ3n) is 7.60. The minimum absolute atomic E-state index is 0.210. The molecule has 0 aromatic heterocycles. The number of amides is 3. The molecule has 9 heteroatoms. The van der Waals surface area contributed by atoms with Crippen molar-refractivity contribution in [1.29, 1.82) is 0 Å². The van der Waals surface area contributed by atoms with Crippen LogP contribution in [0.25, 0.3) is 0 Å². The fraction of sp³-hybridized carbons (Fsp3) is 0.590. The van der Waals surface area contributed by atoms with E-state index in [-0.39, 0.29) is 18.9 Å². The van der Waals surface area contributed by atoms with Crippen LogP contribution in [0.3, 0.4) is 0 Å². The number of hydrogen-bond acceptors (Lipinski definition) is 6. The predicted molar refractivity (Wildman–Crippen MR) is 190 cm³/mol. The van der Waals surface area contributed by atoms with E-state index in [1.807, 2.05) is 75.4 Å². The Bertz CT molecular complexity index is 1330. The van der Waals surface area contributed by atoms with Crippen LogP contribution >= 0.6 is 0 Å². The maximum Gasteiger partial charge on any atom is 0.408 e. The van der Waals surface area contributed by atoms with E-state index >= 15 is 0 Å². The van der Waals surface area contributed by atoms with Crippen LogP contribution in [0, 0.1) is 12.8 Å². The molecule has 0 aliphatic carbocycles. The smallest absolute Gasteiger partial charge is 0.408 e. The number of esters is 1. The van der Waals surface area contributed by atoms with Crippen LogP contribution in [0.4, 0.5) is 4.79 Å². The molecule has 0 radical (unpaired) electrons. The van der Waals surface area contributed by atoms with E-state index in [9.17, 15) is 19.2 Å². The normalized spacial score (nSPS) is 13.6. The van der Waals surface area contributed by atoms with Gasteiger partial charge in [0.15, 0.2) is 0 Å². The van der Waals surface area contributed by atoms with Gasteiger partial charge in [-0.05, 0) is 71.9 Å². The zero-order valence-corrected chi connectivity index (χ0v) is 30.9. The zero-order valence-electron chi connectivity index (χ0n) is 30.9. The molecule has 2 rings (SSSR count). The van der Waals surface area contributed by atoms with Gasteiger partial charge >= 0.3 is 12.1 Å². The van der Waals surface area contributed by atoms with E-state index in [1.165, 1.54) is 0 Å². The van der Waals surface area contributed by atoms with Gasteiger partial charge in [-0.2, -0.15) is 0 Å². The molecule has 2 N–H and O–H groups in total. The first-order chi connectivity index (χ1) is 22.4. The molecule has 3 amide bonds. The lowest BCUT2D eigenvalue weighted by molar-refractivity contribution is -0.159. The fourth-order valence-corrected chi connectivity index (χ4v) is 5.36. The van der Waals surface area contributed by atoms with Crippen LogP contribution in [-0.4, -0.2) is 58.6 Å². The van der Waals surface area contributed by atoms with Gasteiger partial charge < -0.3 is 25.0 Å². The van der Waals surface area contributed by atoms with E-state index in [0.717, 1.165) is 36.8 Å². The van der Waals surface area contributed by atoms with Crippen LogP contribution in [0.15, 0.2) is 54.6 Å². The molecule has 266 valence electrons.